The third-order valence-corrected chi connectivity index (χ3v) is 3.84. The zero-order valence-corrected chi connectivity index (χ0v) is 12.1. The number of aromatic nitrogens is 2. The van der Waals surface area contributed by atoms with Gasteiger partial charge in [-0.2, -0.15) is 0 Å². The molecule has 2 aromatic rings. The van der Waals surface area contributed by atoms with Gasteiger partial charge in [0.25, 0.3) is 0 Å². The molecule has 3 rings (SSSR count). The van der Waals surface area contributed by atoms with E-state index in [1.54, 1.807) is 6.07 Å². The summed E-state index contributed by atoms with van der Waals surface area (Å²) in [7, 11) is 1.84. The molecule has 1 N–H and O–H groups in total. The minimum atomic E-state index is -0.346. The van der Waals surface area contributed by atoms with Crippen LogP contribution in [0.2, 0.25) is 5.02 Å². The first-order chi connectivity index (χ1) is 9.60. The van der Waals surface area contributed by atoms with E-state index in [1.807, 2.05) is 14.0 Å². The van der Waals surface area contributed by atoms with E-state index in [1.165, 1.54) is 12.1 Å². The van der Waals surface area contributed by atoms with E-state index >= 15 is 0 Å². The number of hydrogen-bond donors (Lipinski definition) is 1. The molecular weight excluding hydrogens is 277 g/mol. The minimum absolute atomic E-state index is 0.346. The Morgan fingerprint density at radius 2 is 2.05 bits per heavy atom. The van der Waals surface area contributed by atoms with Gasteiger partial charge in [-0.1, -0.05) is 11.6 Å². The molecule has 0 amide bonds. The summed E-state index contributed by atoms with van der Waals surface area (Å²) in [6.45, 7) is 1.94. The molecule has 1 aliphatic rings. The Kier molecular flexibility index (Phi) is 3.34. The lowest BCUT2D eigenvalue weighted by atomic mass is 10.1. The normalized spacial score (nSPS) is 14.4. The Balaban J connectivity index is 2.18. The van der Waals surface area contributed by atoms with Gasteiger partial charge in [0.2, 0.25) is 0 Å². The van der Waals surface area contributed by atoms with Crippen molar-refractivity contribution in [2.45, 2.75) is 25.7 Å². The lowest BCUT2D eigenvalue weighted by Crippen LogP contribution is -2.04. The van der Waals surface area contributed by atoms with Gasteiger partial charge in [-0.3, -0.25) is 0 Å². The highest BCUT2D eigenvalue weighted by Gasteiger charge is 2.28. The second kappa shape index (κ2) is 5.02. The topological polar surface area (TPSA) is 37.8 Å². The van der Waals surface area contributed by atoms with E-state index in [4.69, 9.17) is 11.6 Å². The van der Waals surface area contributed by atoms with Crippen molar-refractivity contribution in [2.24, 2.45) is 0 Å². The average Bonchev–Trinajstić information content (AvgIpc) is 3.24. The van der Waals surface area contributed by atoms with E-state index in [0.29, 0.717) is 10.9 Å². The van der Waals surface area contributed by atoms with E-state index in [9.17, 15) is 4.39 Å². The van der Waals surface area contributed by atoms with Crippen LogP contribution in [0, 0.1) is 12.7 Å². The standard InChI is InChI=1S/C15H15ClFN3/c1-8-13(11-6-5-10(17)7-12(11)16)19-15(9-3-4-9)20-14(8)18-2/h5-7,9H,3-4H2,1-2H3,(H,18,19,20). The molecule has 0 saturated heterocycles. The number of nitrogens with zero attached hydrogens (tertiary/aromatic N) is 2. The van der Waals surface area contributed by atoms with Crippen molar-refractivity contribution < 1.29 is 4.39 Å². The summed E-state index contributed by atoms with van der Waals surface area (Å²) in [6.07, 6.45) is 2.26. The van der Waals surface area contributed by atoms with E-state index in [0.717, 1.165) is 41.3 Å². The molecule has 1 aromatic carbocycles. The Morgan fingerprint density at radius 3 is 2.65 bits per heavy atom. The number of benzene rings is 1. The third-order valence-electron chi connectivity index (χ3n) is 3.53. The van der Waals surface area contributed by atoms with Crippen LogP contribution in [0.5, 0.6) is 0 Å². The predicted octanol–water partition coefficient (Wildman–Crippen LogP) is 4.16. The van der Waals surface area contributed by atoms with Gasteiger partial charge in [-0.05, 0) is 38.0 Å². The number of anilines is 1. The first kappa shape index (κ1) is 13.3. The molecule has 0 unspecified atom stereocenters. The van der Waals surface area contributed by atoms with Gasteiger partial charge >= 0.3 is 0 Å². The van der Waals surface area contributed by atoms with Crippen molar-refractivity contribution in [1.82, 2.24) is 9.97 Å². The summed E-state index contributed by atoms with van der Waals surface area (Å²) in [6, 6.07) is 4.38. The summed E-state index contributed by atoms with van der Waals surface area (Å²) < 4.78 is 13.2. The summed E-state index contributed by atoms with van der Waals surface area (Å²) in [5, 5.41) is 3.46. The van der Waals surface area contributed by atoms with Crippen molar-refractivity contribution in [1.29, 1.82) is 0 Å². The quantitative estimate of drug-likeness (QED) is 0.922. The third kappa shape index (κ3) is 2.36. The molecule has 1 fully saturated rings. The molecule has 1 aliphatic carbocycles. The lowest BCUT2D eigenvalue weighted by Gasteiger charge is -2.13. The Hall–Kier alpha value is -1.68. The molecule has 1 aromatic heterocycles. The van der Waals surface area contributed by atoms with Crippen LogP contribution in [0.15, 0.2) is 18.2 Å². The highest BCUT2D eigenvalue weighted by Crippen LogP contribution is 2.40. The molecule has 1 heterocycles. The lowest BCUT2D eigenvalue weighted by molar-refractivity contribution is 0.628. The predicted molar refractivity (Wildman–Crippen MR) is 78.7 cm³/mol. The molecule has 3 nitrogen and oxygen atoms in total. The van der Waals surface area contributed by atoms with Crippen molar-refractivity contribution in [3.63, 3.8) is 0 Å². The highest BCUT2D eigenvalue weighted by atomic mass is 35.5. The van der Waals surface area contributed by atoms with Crippen LogP contribution in [0.4, 0.5) is 10.2 Å². The molecule has 0 aliphatic heterocycles. The average molecular weight is 292 g/mol. The van der Waals surface area contributed by atoms with Crippen LogP contribution in [0.3, 0.4) is 0 Å². The molecule has 0 spiro atoms. The Labute approximate surface area is 122 Å². The summed E-state index contributed by atoms with van der Waals surface area (Å²) in [5.41, 5.74) is 2.44. The van der Waals surface area contributed by atoms with Crippen molar-refractivity contribution >= 4 is 17.4 Å². The second-order valence-corrected chi connectivity index (χ2v) is 5.46. The maximum absolute atomic E-state index is 13.2. The fourth-order valence-electron chi connectivity index (χ4n) is 2.25. The highest BCUT2D eigenvalue weighted by molar-refractivity contribution is 6.33. The molecular formula is C15H15ClFN3. The molecule has 0 atom stereocenters. The molecule has 104 valence electrons. The summed E-state index contributed by atoms with van der Waals surface area (Å²) in [5.74, 6) is 1.75. The molecule has 5 heteroatoms. The maximum atomic E-state index is 13.2. The molecule has 0 bridgehead atoms. The van der Waals surface area contributed by atoms with Gasteiger partial charge in [0.1, 0.15) is 17.5 Å². The van der Waals surface area contributed by atoms with Gasteiger partial charge in [0.15, 0.2) is 0 Å². The molecule has 1 saturated carbocycles. The number of hydrogen-bond acceptors (Lipinski definition) is 3. The number of halogens is 2. The first-order valence-corrected chi connectivity index (χ1v) is 6.99. The Morgan fingerprint density at radius 1 is 1.30 bits per heavy atom. The molecule has 20 heavy (non-hydrogen) atoms. The van der Waals surface area contributed by atoms with Crippen LogP contribution in [-0.4, -0.2) is 17.0 Å². The van der Waals surface area contributed by atoms with Crippen LogP contribution >= 0.6 is 11.6 Å². The van der Waals surface area contributed by atoms with Crippen LogP contribution in [0.25, 0.3) is 11.3 Å². The SMILES string of the molecule is CNc1nc(C2CC2)nc(-c2ccc(F)cc2Cl)c1C. The van der Waals surface area contributed by atoms with E-state index in [2.05, 4.69) is 15.3 Å². The minimum Gasteiger partial charge on any atom is -0.373 e. The summed E-state index contributed by atoms with van der Waals surface area (Å²) >= 11 is 6.16. The van der Waals surface area contributed by atoms with Gasteiger partial charge < -0.3 is 5.32 Å². The molecule has 0 radical (unpaired) electrons. The number of rotatable bonds is 3. The van der Waals surface area contributed by atoms with Crippen molar-refractivity contribution in [2.75, 3.05) is 12.4 Å². The largest absolute Gasteiger partial charge is 0.373 e. The van der Waals surface area contributed by atoms with E-state index in [-0.39, 0.29) is 5.82 Å². The van der Waals surface area contributed by atoms with Gasteiger partial charge in [0, 0.05) is 24.1 Å². The van der Waals surface area contributed by atoms with Crippen LogP contribution in [-0.2, 0) is 0 Å². The Bertz CT molecular complexity index is 668. The van der Waals surface area contributed by atoms with E-state index < -0.39 is 0 Å². The second-order valence-electron chi connectivity index (χ2n) is 5.05. The fourth-order valence-corrected chi connectivity index (χ4v) is 2.50. The zero-order valence-electron chi connectivity index (χ0n) is 11.4. The first-order valence-electron chi connectivity index (χ1n) is 6.62. The fraction of sp³-hybridized carbons (Fsp3) is 0.333. The van der Waals surface area contributed by atoms with Crippen LogP contribution < -0.4 is 5.32 Å². The number of nitrogens with one attached hydrogen (secondary N) is 1. The van der Waals surface area contributed by atoms with Gasteiger partial charge in [-0.25, -0.2) is 14.4 Å². The monoisotopic (exact) mass is 291 g/mol. The van der Waals surface area contributed by atoms with Crippen molar-refractivity contribution in [3.05, 3.63) is 40.4 Å². The van der Waals surface area contributed by atoms with Gasteiger partial charge in [0.05, 0.1) is 10.7 Å². The smallest absolute Gasteiger partial charge is 0.134 e. The maximum Gasteiger partial charge on any atom is 0.134 e. The zero-order chi connectivity index (χ0) is 14.3. The summed E-state index contributed by atoms with van der Waals surface area (Å²) in [4.78, 5) is 9.19. The van der Waals surface area contributed by atoms with Crippen molar-refractivity contribution in [3.8, 4) is 11.3 Å². The van der Waals surface area contributed by atoms with Gasteiger partial charge in [-0.15, -0.1) is 0 Å². The van der Waals surface area contributed by atoms with Crippen LogP contribution in [0.1, 0.15) is 30.1 Å².